The quantitative estimate of drug-likeness (QED) is 0.920. The Bertz CT molecular complexity index is 480. The van der Waals surface area contributed by atoms with Crippen molar-refractivity contribution < 1.29 is 4.79 Å². The summed E-state index contributed by atoms with van der Waals surface area (Å²) in [7, 11) is 0. The summed E-state index contributed by atoms with van der Waals surface area (Å²) < 4.78 is 1.14. The molecule has 1 amide bonds. The first-order valence-electron chi connectivity index (χ1n) is 7.40. The van der Waals surface area contributed by atoms with Crippen LogP contribution >= 0.6 is 15.9 Å². The van der Waals surface area contributed by atoms with Crippen molar-refractivity contribution in [2.24, 2.45) is 0 Å². The summed E-state index contributed by atoms with van der Waals surface area (Å²) in [6.45, 7) is 3.48. The van der Waals surface area contributed by atoms with Gasteiger partial charge in [-0.2, -0.15) is 0 Å². The molecule has 1 saturated heterocycles. The second-order valence-corrected chi connectivity index (χ2v) is 6.86. The van der Waals surface area contributed by atoms with Gasteiger partial charge in [0.05, 0.1) is 0 Å². The summed E-state index contributed by atoms with van der Waals surface area (Å²) >= 11 is 3.48. The zero-order valence-corrected chi connectivity index (χ0v) is 13.4. The average molecular weight is 337 g/mol. The van der Waals surface area contributed by atoms with E-state index < -0.39 is 0 Å². The second-order valence-electron chi connectivity index (χ2n) is 5.95. The number of hydrogen-bond donors (Lipinski definition) is 1. The highest BCUT2D eigenvalue weighted by Gasteiger charge is 2.39. The van der Waals surface area contributed by atoms with Crippen LogP contribution in [0.3, 0.4) is 0 Å². The van der Waals surface area contributed by atoms with E-state index >= 15 is 0 Å². The fourth-order valence-electron chi connectivity index (χ4n) is 3.12. The SMILES string of the molecule is CC(=O)N1CCC(N[C@H]2C[C@@H]2c2ccc(Br)cc2)CC1. The molecular formula is C16H21BrN2O. The number of amides is 1. The van der Waals surface area contributed by atoms with Gasteiger partial charge in [-0.25, -0.2) is 0 Å². The Morgan fingerprint density at radius 2 is 1.90 bits per heavy atom. The lowest BCUT2D eigenvalue weighted by Gasteiger charge is -2.32. The van der Waals surface area contributed by atoms with Gasteiger partial charge in [-0.1, -0.05) is 28.1 Å². The number of carbonyl (C=O) groups excluding carboxylic acids is 1. The van der Waals surface area contributed by atoms with Crippen molar-refractivity contribution in [3.8, 4) is 0 Å². The van der Waals surface area contributed by atoms with E-state index in [1.165, 1.54) is 12.0 Å². The standard InChI is InChI=1S/C16H21BrN2O/c1-11(20)19-8-6-14(7-9-19)18-16-10-15(16)12-2-4-13(17)5-3-12/h2-5,14-16,18H,6-10H2,1H3/t15-,16+/m1/s1. The van der Waals surface area contributed by atoms with Gasteiger partial charge >= 0.3 is 0 Å². The third kappa shape index (κ3) is 3.23. The molecule has 1 aromatic rings. The Hall–Kier alpha value is -0.870. The smallest absolute Gasteiger partial charge is 0.219 e. The number of halogens is 1. The molecule has 0 radical (unpaired) electrons. The molecule has 108 valence electrons. The largest absolute Gasteiger partial charge is 0.343 e. The van der Waals surface area contributed by atoms with Crippen molar-refractivity contribution in [2.75, 3.05) is 13.1 Å². The zero-order valence-electron chi connectivity index (χ0n) is 11.8. The first-order chi connectivity index (χ1) is 9.63. The molecular weight excluding hydrogens is 316 g/mol. The van der Waals surface area contributed by atoms with Crippen molar-refractivity contribution >= 4 is 21.8 Å². The maximum atomic E-state index is 11.3. The number of carbonyl (C=O) groups is 1. The van der Waals surface area contributed by atoms with E-state index in [-0.39, 0.29) is 5.91 Å². The summed E-state index contributed by atoms with van der Waals surface area (Å²) in [5.74, 6) is 0.886. The molecule has 3 nitrogen and oxygen atoms in total. The third-order valence-electron chi connectivity index (χ3n) is 4.48. The molecule has 20 heavy (non-hydrogen) atoms. The summed E-state index contributed by atoms with van der Waals surface area (Å²) in [5, 5.41) is 3.77. The van der Waals surface area contributed by atoms with Gasteiger partial charge in [0.1, 0.15) is 0 Å². The third-order valence-corrected chi connectivity index (χ3v) is 5.01. The summed E-state index contributed by atoms with van der Waals surface area (Å²) in [5.41, 5.74) is 1.44. The molecule has 1 N–H and O–H groups in total. The molecule has 2 atom stereocenters. The van der Waals surface area contributed by atoms with Crippen LogP contribution in [0.25, 0.3) is 0 Å². The van der Waals surface area contributed by atoms with Crippen molar-refractivity contribution in [3.05, 3.63) is 34.3 Å². The van der Waals surface area contributed by atoms with Crippen molar-refractivity contribution in [3.63, 3.8) is 0 Å². The van der Waals surface area contributed by atoms with Gasteiger partial charge in [0.15, 0.2) is 0 Å². The van der Waals surface area contributed by atoms with Crippen LogP contribution in [0.5, 0.6) is 0 Å². The summed E-state index contributed by atoms with van der Waals surface area (Å²) in [4.78, 5) is 13.3. The van der Waals surface area contributed by atoms with Crippen LogP contribution in [0.4, 0.5) is 0 Å². The first kappa shape index (κ1) is 14.1. The Morgan fingerprint density at radius 1 is 1.25 bits per heavy atom. The molecule has 0 aromatic heterocycles. The molecule has 1 aliphatic heterocycles. The minimum atomic E-state index is 0.211. The molecule has 1 aliphatic carbocycles. The van der Waals surface area contributed by atoms with E-state index in [0.29, 0.717) is 18.0 Å². The zero-order chi connectivity index (χ0) is 14.1. The lowest BCUT2D eigenvalue weighted by molar-refractivity contribution is -0.129. The van der Waals surface area contributed by atoms with Crippen LogP contribution < -0.4 is 5.32 Å². The predicted molar refractivity (Wildman–Crippen MR) is 83.7 cm³/mol. The molecule has 1 saturated carbocycles. The Labute approximate surface area is 128 Å². The number of benzene rings is 1. The maximum absolute atomic E-state index is 11.3. The van der Waals surface area contributed by atoms with Crippen molar-refractivity contribution in [1.29, 1.82) is 0 Å². The van der Waals surface area contributed by atoms with Crippen LogP contribution in [0.15, 0.2) is 28.7 Å². The van der Waals surface area contributed by atoms with Crippen LogP contribution in [0.1, 0.15) is 37.7 Å². The Balaban J connectivity index is 1.47. The number of rotatable bonds is 3. The summed E-state index contributed by atoms with van der Waals surface area (Å²) in [6.07, 6.45) is 3.42. The number of hydrogen-bond acceptors (Lipinski definition) is 2. The lowest BCUT2D eigenvalue weighted by Crippen LogP contribution is -2.45. The van der Waals surface area contributed by atoms with Crippen LogP contribution in [-0.4, -0.2) is 36.0 Å². The first-order valence-corrected chi connectivity index (χ1v) is 8.20. The van der Waals surface area contributed by atoms with Gasteiger partial charge in [0.2, 0.25) is 5.91 Å². The number of nitrogens with one attached hydrogen (secondary N) is 1. The molecule has 4 heteroatoms. The monoisotopic (exact) mass is 336 g/mol. The highest BCUT2D eigenvalue weighted by Crippen LogP contribution is 2.41. The van der Waals surface area contributed by atoms with Crippen LogP contribution in [-0.2, 0) is 4.79 Å². The number of piperidine rings is 1. The molecule has 0 bridgehead atoms. The molecule has 2 fully saturated rings. The van der Waals surface area contributed by atoms with E-state index in [4.69, 9.17) is 0 Å². The summed E-state index contributed by atoms with van der Waals surface area (Å²) in [6, 6.07) is 9.89. The van der Waals surface area contributed by atoms with Gasteiger partial charge in [-0.15, -0.1) is 0 Å². The highest BCUT2D eigenvalue weighted by molar-refractivity contribution is 9.10. The fourth-order valence-corrected chi connectivity index (χ4v) is 3.39. The van der Waals surface area contributed by atoms with E-state index in [2.05, 4.69) is 45.5 Å². The minimum absolute atomic E-state index is 0.211. The molecule has 3 rings (SSSR count). The van der Waals surface area contributed by atoms with Gasteiger partial charge in [0, 0.05) is 42.5 Å². The van der Waals surface area contributed by atoms with Crippen molar-refractivity contribution in [1.82, 2.24) is 10.2 Å². The van der Waals surface area contributed by atoms with Crippen LogP contribution in [0.2, 0.25) is 0 Å². The van der Waals surface area contributed by atoms with Crippen LogP contribution in [0, 0.1) is 0 Å². The van der Waals surface area contributed by atoms with Crippen molar-refractivity contribution in [2.45, 2.75) is 44.2 Å². The predicted octanol–water partition coefficient (Wildman–Crippen LogP) is 2.91. The Morgan fingerprint density at radius 3 is 2.50 bits per heavy atom. The molecule has 1 heterocycles. The van der Waals surface area contributed by atoms with Gasteiger partial charge < -0.3 is 10.2 Å². The maximum Gasteiger partial charge on any atom is 0.219 e. The topological polar surface area (TPSA) is 32.3 Å². The second kappa shape index (κ2) is 5.86. The van der Waals surface area contributed by atoms with Gasteiger partial charge in [-0.05, 0) is 37.0 Å². The van der Waals surface area contributed by atoms with Gasteiger partial charge in [0.25, 0.3) is 0 Å². The van der Waals surface area contributed by atoms with E-state index in [9.17, 15) is 4.79 Å². The fraction of sp³-hybridized carbons (Fsp3) is 0.562. The van der Waals surface area contributed by atoms with E-state index in [1.807, 2.05) is 4.90 Å². The molecule has 0 spiro atoms. The molecule has 2 aliphatic rings. The number of nitrogens with zero attached hydrogens (tertiary/aromatic N) is 1. The Kier molecular flexibility index (Phi) is 4.13. The van der Waals surface area contributed by atoms with E-state index in [1.54, 1.807) is 6.92 Å². The van der Waals surface area contributed by atoms with Gasteiger partial charge in [-0.3, -0.25) is 4.79 Å². The number of likely N-dealkylation sites (tertiary alicyclic amines) is 1. The molecule has 1 aromatic carbocycles. The minimum Gasteiger partial charge on any atom is -0.343 e. The van der Waals surface area contributed by atoms with E-state index in [0.717, 1.165) is 30.4 Å². The highest BCUT2D eigenvalue weighted by atomic mass is 79.9. The normalized spacial score (nSPS) is 26.6. The lowest BCUT2D eigenvalue weighted by atomic mass is 10.0. The molecule has 0 unspecified atom stereocenters. The average Bonchev–Trinajstić information content (AvgIpc) is 3.19.